The maximum Gasteiger partial charge on any atom is 0.0629 e. The van der Waals surface area contributed by atoms with E-state index in [0.717, 1.165) is 29.4 Å². The topological polar surface area (TPSA) is 12.4 Å². The Bertz CT molecular complexity index is 358. The first-order valence-electron chi connectivity index (χ1n) is 5.20. The van der Waals surface area contributed by atoms with Gasteiger partial charge in [-0.05, 0) is 43.5 Å². The SMILES string of the molecule is ClC1CCCC(=Nc2ccc(Br)cc2)C1. The van der Waals surface area contributed by atoms with Gasteiger partial charge in [-0.15, -0.1) is 11.6 Å². The van der Waals surface area contributed by atoms with Crippen LogP contribution in [0.15, 0.2) is 33.7 Å². The summed E-state index contributed by atoms with van der Waals surface area (Å²) in [6.07, 6.45) is 4.33. The molecule has 1 unspecified atom stereocenters. The van der Waals surface area contributed by atoms with Gasteiger partial charge in [0.2, 0.25) is 0 Å². The second-order valence-electron chi connectivity index (χ2n) is 3.85. The Morgan fingerprint density at radius 2 is 2.00 bits per heavy atom. The molecular formula is C12H13BrClN. The summed E-state index contributed by atoms with van der Waals surface area (Å²) in [6, 6.07) is 8.07. The number of alkyl halides is 1. The van der Waals surface area contributed by atoms with E-state index in [1.807, 2.05) is 24.3 Å². The van der Waals surface area contributed by atoms with Gasteiger partial charge < -0.3 is 0 Å². The van der Waals surface area contributed by atoms with Gasteiger partial charge in [0, 0.05) is 22.0 Å². The molecule has 0 amide bonds. The third kappa shape index (κ3) is 3.32. The number of rotatable bonds is 1. The highest BCUT2D eigenvalue weighted by Crippen LogP contribution is 2.24. The zero-order valence-corrected chi connectivity index (χ0v) is 10.8. The van der Waals surface area contributed by atoms with E-state index in [0.29, 0.717) is 0 Å². The summed E-state index contributed by atoms with van der Waals surface area (Å²) in [4.78, 5) is 4.62. The van der Waals surface area contributed by atoms with Crippen LogP contribution in [-0.4, -0.2) is 11.1 Å². The molecule has 1 aromatic rings. The van der Waals surface area contributed by atoms with E-state index >= 15 is 0 Å². The maximum atomic E-state index is 6.11. The molecule has 3 heteroatoms. The Morgan fingerprint density at radius 1 is 1.27 bits per heavy atom. The molecule has 1 nitrogen and oxygen atoms in total. The van der Waals surface area contributed by atoms with Crippen molar-refractivity contribution in [2.24, 2.45) is 4.99 Å². The first-order valence-corrected chi connectivity index (χ1v) is 6.43. The van der Waals surface area contributed by atoms with E-state index in [-0.39, 0.29) is 5.38 Å². The van der Waals surface area contributed by atoms with Crippen LogP contribution in [0.4, 0.5) is 5.69 Å². The van der Waals surface area contributed by atoms with Gasteiger partial charge in [-0.3, -0.25) is 4.99 Å². The van der Waals surface area contributed by atoms with Gasteiger partial charge in [0.15, 0.2) is 0 Å². The van der Waals surface area contributed by atoms with Crippen molar-refractivity contribution in [2.45, 2.75) is 31.1 Å². The standard InChI is InChI=1S/C12H13BrClN/c13-9-4-6-11(7-5-9)15-12-3-1-2-10(14)8-12/h4-7,10H,1-3,8H2. The third-order valence-corrected chi connectivity index (χ3v) is 3.45. The van der Waals surface area contributed by atoms with Crippen LogP contribution < -0.4 is 0 Å². The van der Waals surface area contributed by atoms with Crippen molar-refractivity contribution < 1.29 is 0 Å². The van der Waals surface area contributed by atoms with Crippen LogP contribution in [0.3, 0.4) is 0 Å². The van der Waals surface area contributed by atoms with Crippen LogP contribution in [0.5, 0.6) is 0 Å². The van der Waals surface area contributed by atoms with Gasteiger partial charge in [0.25, 0.3) is 0 Å². The lowest BCUT2D eigenvalue weighted by Gasteiger charge is -2.17. The molecule has 1 atom stereocenters. The van der Waals surface area contributed by atoms with Gasteiger partial charge in [-0.1, -0.05) is 15.9 Å². The second-order valence-corrected chi connectivity index (χ2v) is 5.38. The Hall–Kier alpha value is -0.340. The predicted molar refractivity (Wildman–Crippen MR) is 69.3 cm³/mol. The van der Waals surface area contributed by atoms with Gasteiger partial charge in [-0.25, -0.2) is 0 Å². The lowest BCUT2D eigenvalue weighted by Crippen LogP contribution is -2.14. The van der Waals surface area contributed by atoms with Gasteiger partial charge in [-0.2, -0.15) is 0 Å². The summed E-state index contributed by atoms with van der Waals surface area (Å²) in [5.74, 6) is 0. The molecule has 0 spiro atoms. The molecule has 1 aliphatic carbocycles. The highest BCUT2D eigenvalue weighted by atomic mass is 79.9. The predicted octanol–water partition coefficient (Wildman–Crippen LogP) is 4.70. The van der Waals surface area contributed by atoms with E-state index in [4.69, 9.17) is 11.6 Å². The third-order valence-electron chi connectivity index (χ3n) is 2.55. The van der Waals surface area contributed by atoms with Crippen molar-refractivity contribution in [2.75, 3.05) is 0 Å². The van der Waals surface area contributed by atoms with Gasteiger partial charge in [0.1, 0.15) is 0 Å². The minimum Gasteiger partial charge on any atom is -0.258 e. The van der Waals surface area contributed by atoms with E-state index in [2.05, 4.69) is 20.9 Å². The number of halogens is 2. The maximum absolute atomic E-state index is 6.11. The lowest BCUT2D eigenvalue weighted by molar-refractivity contribution is 0.674. The molecule has 15 heavy (non-hydrogen) atoms. The molecule has 0 saturated heterocycles. The van der Waals surface area contributed by atoms with Crippen molar-refractivity contribution in [1.29, 1.82) is 0 Å². The zero-order chi connectivity index (χ0) is 10.7. The molecule has 0 N–H and O–H groups in total. The lowest BCUT2D eigenvalue weighted by atomic mass is 9.98. The smallest absolute Gasteiger partial charge is 0.0629 e. The van der Waals surface area contributed by atoms with E-state index in [9.17, 15) is 0 Å². The summed E-state index contributed by atoms with van der Waals surface area (Å²) in [6.45, 7) is 0. The number of benzene rings is 1. The molecule has 0 radical (unpaired) electrons. The number of hydrogen-bond acceptors (Lipinski definition) is 1. The Balaban J connectivity index is 2.11. The average Bonchev–Trinajstić information content (AvgIpc) is 2.22. The van der Waals surface area contributed by atoms with Crippen molar-refractivity contribution in [3.05, 3.63) is 28.7 Å². The summed E-state index contributed by atoms with van der Waals surface area (Å²) in [7, 11) is 0. The first-order chi connectivity index (χ1) is 7.24. The summed E-state index contributed by atoms with van der Waals surface area (Å²) in [5, 5.41) is 0.285. The molecule has 1 fully saturated rings. The number of aliphatic imine (C=N–C) groups is 1. The van der Waals surface area contributed by atoms with Crippen molar-refractivity contribution in [3.8, 4) is 0 Å². The normalized spacial score (nSPS) is 24.4. The van der Waals surface area contributed by atoms with Crippen LogP contribution in [0.2, 0.25) is 0 Å². The Kier molecular flexibility index (Phi) is 3.81. The minimum atomic E-state index is 0.285. The molecule has 1 aliphatic rings. The second kappa shape index (κ2) is 5.13. The highest BCUT2D eigenvalue weighted by Gasteiger charge is 2.15. The fourth-order valence-electron chi connectivity index (χ4n) is 1.79. The van der Waals surface area contributed by atoms with Crippen molar-refractivity contribution >= 4 is 38.9 Å². The molecule has 0 aliphatic heterocycles. The average molecular weight is 287 g/mol. The van der Waals surface area contributed by atoms with E-state index < -0.39 is 0 Å². The minimum absolute atomic E-state index is 0.285. The molecule has 1 saturated carbocycles. The summed E-state index contributed by atoms with van der Waals surface area (Å²) >= 11 is 9.53. The number of nitrogens with zero attached hydrogens (tertiary/aromatic N) is 1. The molecule has 1 aromatic carbocycles. The Labute approximate surface area is 104 Å². The van der Waals surface area contributed by atoms with E-state index in [1.54, 1.807) is 0 Å². The van der Waals surface area contributed by atoms with Crippen LogP contribution >= 0.6 is 27.5 Å². The number of hydrogen-bond donors (Lipinski definition) is 0. The largest absolute Gasteiger partial charge is 0.258 e. The van der Waals surface area contributed by atoms with Crippen LogP contribution in [0, 0.1) is 0 Å². The first kappa shape index (κ1) is 11.2. The molecule has 80 valence electrons. The van der Waals surface area contributed by atoms with Crippen LogP contribution in [0.25, 0.3) is 0 Å². The molecule has 0 heterocycles. The van der Waals surface area contributed by atoms with Crippen LogP contribution in [-0.2, 0) is 0 Å². The monoisotopic (exact) mass is 285 g/mol. The Morgan fingerprint density at radius 3 is 2.67 bits per heavy atom. The molecular weight excluding hydrogens is 273 g/mol. The zero-order valence-electron chi connectivity index (χ0n) is 8.42. The quantitative estimate of drug-likeness (QED) is 0.663. The van der Waals surface area contributed by atoms with Gasteiger partial charge in [0.05, 0.1) is 5.69 Å². The summed E-state index contributed by atoms with van der Waals surface area (Å²) in [5.41, 5.74) is 2.27. The van der Waals surface area contributed by atoms with Crippen LogP contribution in [0.1, 0.15) is 25.7 Å². The fraction of sp³-hybridized carbons (Fsp3) is 0.417. The highest BCUT2D eigenvalue weighted by molar-refractivity contribution is 9.10. The summed E-state index contributed by atoms with van der Waals surface area (Å²) < 4.78 is 1.09. The fourth-order valence-corrected chi connectivity index (χ4v) is 2.38. The van der Waals surface area contributed by atoms with Crippen molar-refractivity contribution in [1.82, 2.24) is 0 Å². The molecule has 2 rings (SSSR count). The van der Waals surface area contributed by atoms with Gasteiger partial charge >= 0.3 is 0 Å². The molecule has 0 aromatic heterocycles. The van der Waals surface area contributed by atoms with Crippen molar-refractivity contribution in [3.63, 3.8) is 0 Å². The van der Waals surface area contributed by atoms with E-state index in [1.165, 1.54) is 12.1 Å². The molecule has 0 bridgehead atoms.